The third-order valence-electron chi connectivity index (χ3n) is 5.60. The number of nitrogens with one attached hydrogen (secondary N) is 2. The molecule has 0 spiro atoms. The summed E-state index contributed by atoms with van der Waals surface area (Å²) in [5, 5.41) is 6.85. The molecular formula is C22H27F2IN4O. The van der Waals surface area contributed by atoms with E-state index in [0.717, 1.165) is 43.8 Å². The van der Waals surface area contributed by atoms with Crippen LogP contribution >= 0.6 is 24.0 Å². The van der Waals surface area contributed by atoms with Gasteiger partial charge in [0.2, 0.25) is 0 Å². The predicted octanol–water partition coefficient (Wildman–Crippen LogP) is 3.89. The van der Waals surface area contributed by atoms with Gasteiger partial charge < -0.3 is 20.3 Å². The Labute approximate surface area is 192 Å². The maximum atomic E-state index is 14.1. The van der Waals surface area contributed by atoms with E-state index in [0.29, 0.717) is 24.7 Å². The molecule has 1 fully saturated rings. The van der Waals surface area contributed by atoms with Crippen molar-refractivity contribution < 1.29 is 13.5 Å². The minimum Gasteiger partial charge on any atom is -0.493 e. The van der Waals surface area contributed by atoms with E-state index in [1.807, 2.05) is 23.1 Å². The first kappa shape index (κ1) is 22.6. The molecule has 30 heavy (non-hydrogen) atoms. The number of aliphatic imine (C=N–C) groups is 1. The van der Waals surface area contributed by atoms with Crippen molar-refractivity contribution in [2.75, 3.05) is 38.2 Å². The summed E-state index contributed by atoms with van der Waals surface area (Å²) in [6.07, 6.45) is 1.82. The van der Waals surface area contributed by atoms with Gasteiger partial charge in [-0.3, -0.25) is 4.99 Å². The van der Waals surface area contributed by atoms with Gasteiger partial charge in [-0.2, -0.15) is 0 Å². The van der Waals surface area contributed by atoms with Crippen molar-refractivity contribution in [1.82, 2.24) is 10.6 Å². The lowest BCUT2D eigenvalue weighted by molar-refractivity contribution is 0.267. The molecule has 0 aliphatic carbocycles. The number of rotatable bonds is 4. The van der Waals surface area contributed by atoms with Crippen molar-refractivity contribution in [3.05, 3.63) is 59.7 Å². The van der Waals surface area contributed by atoms with E-state index in [4.69, 9.17) is 4.74 Å². The SMILES string of the molecule is CN=C(NCC1CCOc2ccccc21)NC1CCN(c2ccc(F)cc2F)C1.I. The molecule has 2 aromatic rings. The number of nitrogens with zero attached hydrogens (tertiary/aromatic N) is 2. The first-order valence-corrected chi connectivity index (χ1v) is 10.0. The fourth-order valence-corrected chi connectivity index (χ4v) is 4.07. The zero-order valence-corrected chi connectivity index (χ0v) is 19.2. The quantitative estimate of drug-likeness (QED) is 0.359. The molecule has 162 valence electrons. The van der Waals surface area contributed by atoms with E-state index in [2.05, 4.69) is 21.7 Å². The minimum atomic E-state index is -0.556. The number of ether oxygens (including phenoxy) is 1. The van der Waals surface area contributed by atoms with E-state index in [-0.39, 0.29) is 30.0 Å². The normalized spacial score (nSPS) is 20.8. The zero-order valence-electron chi connectivity index (χ0n) is 16.9. The van der Waals surface area contributed by atoms with Crippen LogP contribution in [0.3, 0.4) is 0 Å². The molecule has 0 radical (unpaired) electrons. The summed E-state index contributed by atoms with van der Waals surface area (Å²) >= 11 is 0. The maximum absolute atomic E-state index is 14.1. The van der Waals surface area contributed by atoms with Crippen molar-refractivity contribution in [2.24, 2.45) is 4.99 Å². The molecule has 4 rings (SSSR count). The highest BCUT2D eigenvalue weighted by atomic mass is 127. The van der Waals surface area contributed by atoms with Crippen LogP contribution in [0, 0.1) is 11.6 Å². The zero-order chi connectivity index (χ0) is 20.2. The molecular weight excluding hydrogens is 501 g/mol. The summed E-state index contributed by atoms with van der Waals surface area (Å²) < 4.78 is 32.9. The first-order valence-electron chi connectivity index (χ1n) is 10.0. The number of guanidine groups is 1. The number of hydrogen-bond donors (Lipinski definition) is 2. The largest absolute Gasteiger partial charge is 0.493 e. The Morgan fingerprint density at radius 3 is 2.83 bits per heavy atom. The van der Waals surface area contributed by atoms with Gasteiger partial charge in [0.15, 0.2) is 5.96 Å². The second-order valence-corrected chi connectivity index (χ2v) is 7.50. The summed E-state index contributed by atoms with van der Waals surface area (Å²) in [5.74, 6) is 0.985. The van der Waals surface area contributed by atoms with Crippen LogP contribution in [-0.2, 0) is 0 Å². The van der Waals surface area contributed by atoms with Gasteiger partial charge in [0, 0.05) is 44.7 Å². The number of fused-ring (bicyclic) bond motifs is 1. The lowest BCUT2D eigenvalue weighted by Gasteiger charge is -2.27. The monoisotopic (exact) mass is 528 g/mol. The van der Waals surface area contributed by atoms with Gasteiger partial charge in [-0.05, 0) is 36.6 Å². The average molecular weight is 528 g/mol. The molecule has 0 bridgehead atoms. The van der Waals surface area contributed by atoms with Crippen LogP contribution in [0.1, 0.15) is 24.3 Å². The van der Waals surface area contributed by atoms with Crippen LogP contribution < -0.4 is 20.3 Å². The first-order chi connectivity index (χ1) is 14.1. The molecule has 0 aromatic heterocycles. The molecule has 2 aromatic carbocycles. The van der Waals surface area contributed by atoms with Crippen molar-refractivity contribution >= 4 is 35.6 Å². The van der Waals surface area contributed by atoms with Crippen molar-refractivity contribution in [1.29, 1.82) is 0 Å². The molecule has 2 N–H and O–H groups in total. The fourth-order valence-electron chi connectivity index (χ4n) is 4.07. The molecule has 2 aliphatic heterocycles. The molecule has 8 heteroatoms. The van der Waals surface area contributed by atoms with Crippen LogP contribution in [0.25, 0.3) is 0 Å². The van der Waals surface area contributed by atoms with E-state index in [1.54, 1.807) is 7.05 Å². The van der Waals surface area contributed by atoms with Gasteiger partial charge in [-0.25, -0.2) is 8.78 Å². The topological polar surface area (TPSA) is 48.9 Å². The molecule has 2 unspecified atom stereocenters. The second kappa shape index (κ2) is 10.3. The highest BCUT2D eigenvalue weighted by Gasteiger charge is 2.26. The van der Waals surface area contributed by atoms with Gasteiger partial charge in [0.1, 0.15) is 17.4 Å². The summed E-state index contributed by atoms with van der Waals surface area (Å²) in [7, 11) is 1.75. The average Bonchev–Trinajstić information content (AvgIpc) is 3.19. The highest BCUT2D eigenvalue weighted by Crippen LogP contribution is 2.32. The van der Waals surface area contributed by atoms with E-state index in [1.165, 1.54) is 17.7 Å². The van der Waals surface area contributed by atoms with Gasteiger partial charge in [0.25, 0.3) is 0 Å². The Kier molecular flexibility index (Phi) is 7.74. The number of anilines is 1. The number of hydrogen-bond acceptors (Lipinski definition) is 3. The van der Waals surface area contributed by atoms with E-state index in [9.17, 15) is 8.78 Å². The molecule has 0 amide bonds. The molecule has 2 atom stereocenters. The Morgan fingerprint density at radius 1 is 1.20 bits per heavy atom. The van der Waals surface area contributed by atoms with Crippen LogP contribution in [-0.4, -0.2) is 45.3 Å². The lowest BCUT2D eigenvalue weighted by atomic mass is 9.93. The molecule has 1 saturated heterocycles. The lowest BCUT2D eigenvalue weighted by Crippen LogP contribution is -2.46. The molecule has 0 saturated carbocycles. The van der Waals surface area contributed by atoms with Crippen molar-refractivity contribution in [3.63, 3.8) is 0 Å². The molecule has 2 heterocycles. The third kappa shape index (κ3) is 5.14. The summed E-state index contributed by atoms with van der Waals surface area (Å²) in [4.78, 5) is 6.28. The predicted molar refractivity (Wildman–Crippen MR) is 126 cm³/mol. The summed E-state index contributed by atoms with van der Waals surface area (Å²) in [6, 6.07) is 12.0. The van der Waals surface area contributed by atoms with Gasteiger partial charge in [-0.15, -0.1) is 24.0 Å². The van der Waals surface area contributed by atoms with E-state index < -0.39 is 11.6 Å². The summed E-state index contributed by atoms with van der Waals surface area (Å²) in [5.41, 5.74) is 1.66. The Bertz CT molecular complexity index is 895. The maximum Gasteiger partial charge on any atom is 0.191 e. The summed E-state index contributed by atoms with van der Waals surface area (Å²) in [6.45, 7) is 2.84. The van der Waals surface area contributed by atoms with Crippen LogP contribution in [0.5, 0.6) is 5.75 Å². The smallest absolute Gasteiger partial charge is 0.191 e. The van der Waals surface area contributed by atoms with Crippen LogP contribution in [0.2, 0.25) is 0 Å². The van der Waals surface area contributed by atoms with Crippen molar-refractivity contribution in [2.45, 2.75) is 24.8 Å². The number of para-hydroxylation sites is 1. The Hall–Kier alpha value is -2.10. The number of halogens is 3. The van der Waals surface area contributed by atoms with Crippen molar-refractivity contribution in [3.8, 4) is 5.75 Å². The highest BCUT2D eigenvalue weighted by molar-refractivity contribution is 14.0. The molecule has 2 aliphatic rings. The van der Waals surface area contributed by atoms with E-state index >= 15 is 0 Å². The minimum absolute atomic E-state index is 0. The number of benzene rings is 2. The Balaban J connectivity index is 0.00000256. The third-order valence-corrected chi connectivity index (χ3v) is 5.60. The fraction of sp³-hybridized carbons (Fsp3) is 0.409. The standard InChI is InChI=1S/C22H26F2N4O.HI/c1-25-22(26-13-15-9-11-29-21-5-3-2-4-18(15)21)27-17-8-10-28(14-17)20-7-6-16(23)12-19(20)24;/h2-7,12,15,17H,8-11,13-14H2,1H3,(H2,25,26,27);1H. The second-order valence-electron chi connectivity index (χ2n) is 7.50. The Morgan fingerprint density at radius 2 is 2.03 bits per heavy atom. The van der Waals surface area contributed by atoms with Gasteiger partial charge in [-0.1, -0.05) is 18.2 Å². The van der Waals surface area contributed by atoms with Crippen LogP contribution in [0.15, 0.2) is 47.5 Å². The van der Waals surface area contributed by atoms with Gasteiger partial charge in [0.05, 0.1) is 12.3 Å². The molecule has 5 nitrogen and oxygen atoms in total. The van der Waals surface area contributed by atoms with Gasteiger partial charge >= 0.3 is 0 Å². The van der Waals surface area contributed by atoms with Crippen LogP contribution in [0.4, 0.5) is 14.5 Å².